The Bertz CT molecular complexity index is 1140. The predicted molar refractivity (Wildman–Crippen MR) is 109 cm³/mol. The molecule has 0 fully saturated rings. The van der Waals surface area contributed by atoms with Crippen LogP contribution in [0, 0.1) is 13.8 Å². The number of benzene rings is 2. The molecule has 0 bridgehead atoms. The number of hydrogen-bond acceptors (Lipinski definition) is 4. The zero-order chi connectivity index (χ0) is 19.0. The molecule has 27 heavy (non-hydrogen) atoms. The summed E-state index contributed by atoms with van der Waals surface area (Å²) in [6.07, 6.45) is 0. The van der Waals surface area contributed by atoms with Crippen molar-refractivity contribution in [2.24, 2.45) is 0 Å². The normalized spacial score (nSPS) is 11.0. The first kappa shape index (κ1) is 17.4. The number of rotatable bonds is 4. The van der Waals surface area contributed by atoms with Crippen molar-refractivity contribution in [3.8, 4) is 17.0 Å². The minimum Gasteiger partial charge on any atom is -0.497 e. The molecule has 2 aromatic heterocycles. The third-order valence-electron chi connectivity index (χ3n) is 4.39. The van der Waals surface area contributed by atoms with Crippen molar-refractivity contribution in [1.82, 2.24) is 14.6 Å². The standard InChI is InChI=1S/C21H19ClN4O/c1-13-10-19(24-17-8-5-9-18(12-17)27-3)26-21(23-13)14(2)20(25-26)15-6-4-7-16(22)11-15/h4-12,24H,1-3H3. The van der Waals surface area contributed by atoms with Gasteiger partial charge in [-0.2, -0.15) is 9.61 Å². The summed E-state index contributed by atoms with van der Waals surface area (Å²) in [6.45, 7) is 4.00. The van der Waals surface area contributed by atoms with Crippen LogP contribution in [0.3, 0.4) is 0 Å². The van der Waals surface area contributed by atoms with Crippen LogP contribution in [0.4, 0.5) is 11.5 Å². The number of hydrogen-bond donors (Lipinski definition) is 1. The van der Waals surface area contributed by atoms with Gasteiger partial charge in [-0.1, -0.05) is 29.8 Å². The Labute approximate surface area is 162 Å². The van der Waals surface area contributed by atoms with E-state index in [1.807, 2.05) is 73.0 Å². The van der Waals surface area contributed by atoms with Gasteiger partial charge in [-0.25, -0.2) is 4.98 Å². The molecule has 4 rings (SSSR count). The maximum atomic E-state index is 6.16. The number of nitrogens with zero attached hydrogens (tertiary/aromatic N) is 3. The molecule has 1 N–H and O–H groups in total. The van der Waals surface area contributed by atoms with Gasteiger partial charge in [0.1, 0.15) is 11.6 Å². The Morgan fingerprint density at radius 1 is 1.04 bits per heavy atom. The van der Waals surface area contributed by atoms with Crippen molar-refractivity contribution in [3.63, 3.8) is 0 Å². The number of aryl methyl sites for hydroxylation is 2. The average Bonchev–Trinajstić information content (AvgIpc) is 2.99. The first-order valence-corrected chi connectivity index (χ1v) is 8.97. The van der Waals surface area contributed by atoms with E-state index >= 15 is 0 Å². The molecule has 0 unspecified atom stereocenters. The lowest BCUT2D eigenvalue weighted by Gasteiger charge is -2.10. The fourth-order valence-corrected chi connectivity index (χ4v) is 3.28. The summed E-state index contributed by atoms with van der Waals surface area (Å²) in [7, 11) is 1.65. The first-order valence-electron chi connectivity index (χ1n) is 8.59. The van der Waals surface area contributed by atoms with Gasteiger partial charge in [0.15, 0.2) is 5.65 Å². The van der Waals surface area contributed by atoms with Crippen LogP contribution in [0.15, 0.2) is 54.6 Å². The summed E-state index contributed by atoms with van der Waals surface area (Å²) in [6, 6.07) is 17.4. The van der Waals surface area contributed by atoms with Crippen molar-refractivity contribution in [2.45, 2.75) is 13.8 Å². The minimum absolute atomic E-state index is 0.683. The van der Waals surface area contributed by atoms with Crippen LogP contribution in [0.5, 0.6) is 5.75 Å². The largest absolute Gasteiger partial charge is 0.497 e. The molecule has 0 aliphatic rings. The zero-order valence-corrected chi connectivity index (χ0v) is 16.1. The van der Waals surface area contributed by atoms with E-state index in [9.17, 15) is 0 Å². The van der Waals surface area contributed by atoms with Gasteiger partial charge >= 0.3 is 0 Å². The highest BCUT2D eigenvalue weighted by atomic mass is 35.5. The van der Waals surface area contributed by atoms with Crippen LogP contribution < -0.4 is 10.1 Å². The summed E-state index contributed by atoms with van der Waals surface area (Å²) >= 11 is 6.16. The van der Waals surface area contributed by atoms with Crippen LogP contribution in [0.2, 0.25) is 5.02 Å². The number of nitrogens with one attached hydrogen (secondary N) is 1. The molecule has 136 valence electrons. The monoisotopic (exact) mass is 378 g/mol. The highest BCUT2D eigenvalue weighted by molar-refractivity contribution is 6.30. The number of methoxy groups -OCH3 is 1. The smallest absolute Gasteiger partial charge is 0.161 e. The Balaban J connectivity index is 1.85. The van der Waals surface area contributed by atoms with Crippen LogP contribution in [-0.2, 0) is 0 Å². The fourth-order valence-electron chi connectivity index (χ4n) is 3.09. The van der Waals surface area contributed by atoms with Gasteiger partial charge in [-0.15, -0.1) is 0 Å². The van der Waals surface area contributed by atoms with E-state index in [2.05, 4.69) is 10.3 Å². The SMILES string of the molecule is COc1cccc(Nc2cc(C)nc3c(C)c(-c4cccc(Cl)c4)nn23)c1. The van der Waals surface area contributed by atoms with Crippen LogP contribution >= 0.6 is 11.6 Å². The molecule has 2 aromatic carbocycles. The van der Waals surface area contributed by atoms with Crippen molar-refractivity contribution < 1.29 is 4.74 Å². The predicted octanol–water partition coefficient (Wildman–Crippen LogP) is 5.42. The Morgan fingerprint density at radius 3 is 2.63 bits per heavy atom. The van der Waals surface area contributed by atoms with Crippen molar-refractivity contribution in [2.75, 3.05) is 12.4 Å². The van der Waals surface area contributed by atoms with E-state index < -0.39 is 0 Å². The van der Waals surface area contributed by atoms with Gasteiger partial charge in [0.2, 0.25) is 0 Å². The average molecular weight is 379 g/mol. The van der Waals surface area contributed by atoms with E-state index in [0.717, 1.165) is 45.4 Å². The number of aromatic nitrogens is 3. The van der Waals surface area contributed by atoms with Crippen molar-refractivity contribution in [3.05, 3.63) is 70.9 Å². The highest BCUT2D eigenvalue weighted by Crippen LogP contribution is 2.29. The second kappa shape index (κ2) is 6.93. The summed E-state index contributed by atoms with van der Waals surface area (Å²) in [5.74, 6) is 1.63. The summed E-state index contributed by atoms with van der Waals surface area (Å²) in [5, 5.41) is 8.91. The molecular weight excluding hydrogens is 360 g/mol. The first-order chi connectivity index (χ1) is 13.0. The molecule has 5 nitrogen and oxygen atoms in total. The summed E-state index contributed by atoms with van der Waals surface area (Å²) in [5.41, 5.74) is 5.48. The van der Waals surface area contributed by atoms with E-state index in [-0.39, 0.29) is 0 Å². The topological polar surface area (TPSA) is 51.5 Å². The minimum atomic E-state index is 0.683. The molecule has 0 radical (unpaired) electrons. The Kier molecular flexibility index (Phi) is 4.46. The molecule has 0 saturated carbocycles. The van der Waals surface area contributed by atoms with Crippen molar-refractivity contribution in [1.29, 1.82) is 0 Å². The lowest BCUT2D eigenvalue weighted by molar-refractivity contribution is 0.415. The van der Waals surface area contributed by atoms with Crippen LogP contribution in [-0.4, -0.2) is 21.7 Å². The van der Waals surface area contributed by atoms with E-state index in [1.165, 1.54) is 0 Å². The van der Waals surface area contributed by atoms with Gasteiger partial charge in [0, 0.05) is 39.7 Å². The van der Waals surface area contributed by atoms with E-state index in [1.54, 1.807) is 7.11 Å². The number of ether oxygens (including phenoxy) is 1. The van der Waals surface area contributed by atoms with Gasteiger partial charge in [-0.05, 0) is 38.1 Å². The Hall–Kier alpha value is -3.05. The van der Waals surface area contributed by atoms with Gasteiger partial charge in [0.25, 0.3) is 0 Å². The zero-order valence-electron chi connectivity index (χ0n) is 15.3. The number of halogens is 1. The summed E-state index contributed by atoms with van der Waals surface area (Å²) in [4.78, 5) is 4.68. The second-order valence-electron chi connectivity index (χ2n) is 6.36. The molecule has 0 spiro atoms. The number of fused-ring (bicyclic) bond motifs is 1. The second-order valence-corrected chi connectivity index (χ2v) is 6.80. The molecule has 6 heteroatoms. The number of anilines is 2. The van der Waals surface area contributed by atoms with Gasteiger partial charge < -0.3 is 10.1 Å². The fraction of sp³-hybridized carbons (Fsp3) is 0.143. The molecule has 0 amide bonds. The van der Waals surface area contributed by atoms with E-state index in [4.69, 9.17) is 21.4 Å². The molecule has 0 aliphatic carbocycles. The van der Waals surface area contributed by atoms with Crippen molar-refractivity contribution >= 4 is 28.8 Å². The van der Waals surface area contributed by atoms with E-state index in [0.29, 0.717) is 5.02 Å². The molecule has 0 aliphatic heterocycles. The molecule has 4 aromatic rings. The van der Waals surface area contributed by atoms with Crippen LogP contribution in [0.25, 0.3) is 16.9 Å². The molecule has 0 atom stereocenters. The third-order valence-corrected chi connectivity index (χ3v) is 4.62. The third kappa shape index (κ3) is 3.34. The quantitative estimate of drug-likeness (QED) is 0.515. The van der Waals surface area contributed by atoms with Gasteiger partial charge in [0.05, 0.1) is 12.8 Å². The lowest BCUT2D eigenvalue weighted by Crippen LogP contribution is -2.02. The molecule has 2 heterocycles. The van der Waals surface area contributed by atoms with Crippen LogP contribution in [0.1, 0.15) is 11.3 Å². The highest BCUT2D eigenvalue weighted by Gasteiger charge is 2.15. The molecular formula is C21H19ClN4O. The lowest BCUT2D eigenvalue weighted by atomic mass is 10.1. The maximum Gasteiger partial charge on any atom is 0.161 e. The Morgan fingerprint density at radius 2 is 1.85 bits per heavy atom. The van der Waals surface area contributed by atoms with Gasteiger partial charge in [-0.3, -0.25) is 0 Å². The maximum absolute atomic E-state index is 6.16. The summed E-state index contributed by atoms with van der Waals surface area (Å²) < 4.78 is 7.14. The molecule has 0 saturated heterocycles.